The van der Waals surface area contributed by atoms with Crippen molar-refractivity contribution in [3.05, 3.63) is 47.6 Å². The second-order valence-corrected chi connectivity index (χ2v) is 17.1. The lowest BCUT2D eigenvalue weighted by atomic mass is 9.34. The fourth-order valence-corrected chi connectivity index (χ4v) is 11.8. The van der Waals surface area contributed by atoms with Gasteiger partial charge in [0.05, 0.1) is 18.8 Å². The number of phenolic OH excluding ortho intramolecular Hbond substituents is 1. The van der Waals surface area contributed by atoms with Crippen LogP contribution in [-0.4, -0.2) is 51.3 Å². The zero-order valence-electron chi connectivity index (χ0n) is 27.6. The number of benzene rings is 1. The van der Waals surface area contributed by atoms with Crippen molar-refractivity contribution in [1.82, 2.24) is 0 Å². The Bertz CT molecular complexity index is 1350. The average Bonchev–Trinajstić information content (AvgIpc) is 3.28. The molecular weight excluding hydrogens is 552 g/mol. The number of phenols is 1. The normalized spacial score (nSPS) is 46.2. The largest absolute Gasteiger partial charge is 0.508 e. The molecule has 4 saturated carbocycles. The molecule has 44 heavy (non-hydrogen) atoms. The molecule has 0 aliphatic heterocycles. The van der Waals surface area contributed by atoms with Crippen molar-refractivity contribution in [1.29, 1.82) is 0 Å². The average molecular weight is 607 g/mol. The minimum atomic E-state index is -0.902. The quantitative estimate of drug-likeness (QED) is 0.171. The van der Waals surface area contributed by atoms with Crippen molar-refractivity contribution >= 4 is 12.0 Å². The molecule has 6 heteroatoms. The molecule has 1 spiro atoms. The molecule has 4 fully saturated rings. The van der Waals surface area contributed by atoms with E-state index in [0.29, 0.717) is 6.42 Å². The van der Waals surface area contributed by atoms with E-state index in [1.54, 1.807) is 30.3 Å². The van der Waals surface area contributed by atoms with Crippen molar-refractivity contribution in [3.63, 3.8) is 0 Å². The standard InChI is InChI=1S/C38H54O6/c1-33(2)17-19-38(22-33)20-18-36(5)26(31(38)43)12-13-29-34(3)21-27(41)32(35(4,23-39)28(34)15-16-37(29,36)6)44-30(42)14-9-24-7-10-25(40)11-8-24/h7-12,14,27-29,31-32,39-41,43H,13,15-23H2,1-6H3/b14-9+/t27-,28-,29-,31-,32+,34+,35+,36-,37-,38+/m1/s1. The molecule has 0 unspecified atom stereocenters. The summed E-state index contributed by atoms with van der Waals surface area (Å²) in [6.07, 6.45) is 11.9. The van der Waals surface area contributed by atoms with Crippen LogP contribution in [0.4, 0.5) is 0 Å². The molecule has 0 saturated heterocycles. The molecule has 242 valence electrons. The Balaban J connectivity index is 1.27. The Kier molecular flexibility index (Phi) is 7.54. The number of ether oxygens (including phenoxy) is 1. The predicted octanol–water partition coefficient (Wildman–Crippen LogP) is 6.81. The first kappa shape index (κ1) is 31.8. The monoisotopic (exact) mass is 606 g/mol. The SMILES string of the molecule is CC1(C)CC[C@]2(CC[C@]3(C)C(=CC[C@@H]4[C@@]5(C)C[C@@H](O)[C@H](OC(=O)/C=C/c6ccc(O)cc6)[C@@](C)(CO)[C@@H]5CC[C@]43C)[C@H]2O)C1. The van der Waals surface area contributed by atoms with Gasteiger partial charge in [-0.25, -0.2) is 4.79 Å². The molecule has 4 N–H and O–H groups in total. The molecular formula is C38H54O6. The summed E-state index contributed by atoms with van der Waals surface area (Å²) in [7, 11) is 0. The summed E-state index contributed by atoms with van der Waals surface area (Å²) >= 11 is 0. The van der Waals surface area contributed by atoms with Crippen molar-refractivity contribution in [3.8, 4) is 5.75 Å². The molecule has 0 amide bonds. The minimum absolute atomic E-state index is 0.0105. The smallest absolute Gasteiger partial charge is 0.331 e. The van der Waals surface area contributed by atoms with E-state index < -0.39 is 29.7 Å². The Morgan fingerprint density at radius 2 is 1.64 bits per heavy atom. The van der Waals surface area contributed by atoms with Gasteiger partial charge >= 0.3 is 5.97 Å². The Morgan fingerprint density at radius 3 is 2.27 bits per heavy atom. The van der Waals surface area contributed by atoms with Crippen LogP contribution in [0.1, 0.15) is 105 Å². The predicted molar refractivity (Wildman–Crippen MR) is 171 cm³/mol. The number of aliphatic hydroxyl groups is 3. The van der Waals surface area contributed by atoms with Crippen molar-refractivity contribution < 1.29 is 30.0 Å². The molecule has 0 bridgehead atoms. The third kappa shape index (κ3) is 4.56. The number of rotatable bonds is 4. The van der Waals surface area contributed by atoms with E-state index in [1.165, 1.54) is 18.1 Å². The molecule has 10 atom stereocenters. The van der Waals surface area contributed by atoms with Gasteiger partial charge < -0.3 is 25.2 Å². The summed E-state index contributed by atoms with van der Waals surface area (Å²) in [5.41, 5.74) is 1.04. The molecule has 5 aliphatic rings. The lowest BCUT2D eigenvalue weighted by molar-refractivity contribution is -0.249. The highest BCUT2D eigenvalue weighted by molar-refractivity contribution is 5.87. The maximum Gasteiger partial charge on any atom is 0.331 e. The van der Waals surface area contributed by atoms with E-state index in [1.807, 2.05) is 6.92 Å². The van der Waals surface area contributed by atoms with Crippen LogP contribution >= 0.6 is 0 Å². The summed E-state index contributed by atoms with van der Waals surface area (Å²) in [5, 5.41) is 44.2. The van der Waals surface area contributed by atoms with Crippen molar-refractivity contribution in [2.24, 2.45) is 44.3 Å². The molecule has 6 rings (SSSR count). The summed E-state index contributed by atoms with van der Waals surface area (Å²) in [6, 6.07) is 6.53. The molecule has 0 radical (unpaired) electrons. The first-order chi connectivity index (χ1) is 20.5. The first-order valence-corrected chi connectivity index (χ1v) is 16.9. The molecule has 5 aliphatic carbocycles. The Hall–Kier alpha value is -2.15. The molecule has 0 aromatic heterocycles. The van der Waals surface area contributed by atoms with Gasteiger partial charge in [0, 0.05) is 16.9 Å². The third-order valence-electron chi connectivity index (χ3n) is 14.2. The maximum atomic E-state index is 13.0. The lowest BCUT2D eigenvalue weighted by Gasteiger charge is -2.71. The van der Waals surface area contributed by atoms with Crippen molar-refractivity contribution in [2.75, 3.05) is 6.61 Å². The van der Waals surface area contributed by atoms with Crippen molar-refractivity contribution in [2.45, 2.75) is 118 Å². The van der Waals surface area contributed by atoms with Gasteiger partial charge in [-0.05, 0) is 121 Å². The molecule has 0 heterocycles. The molecule has 1 aromatic carbocycles. The lowest BCUT2D eigenvalue weighted by Crippen LogP contribution is -2.68. The van der Waals surface area contributed by atoms with Gasteiger partial charge in [0.25, 0.3) is 0 Å². The number of fused-ring (bicyclic) bond motifs is 5. The van der Waals surface area contributed by atoms with E-state index in [0.717, 1.165) is 50.5 Å². The van der Waals surface area contributed by atoms with Crippen LogP contribution in [0, 0.1) is 44.3 Å². The fraction of sp³-hybridized carbons (Fsp3) is 0.711. The van der Waals surface area contributed by atoms with Gasteiger partial charge in [-0.15, -0.1) is 0 Å². The van der Waals surface area contributed by atoms with Gasteiger partial charge in [0.15, 0.2) is 0 Å². The number of carbonyl (C=O) groups excluding carboxylic acids is 1. The summed E-state index contributed by atoms with van der Waals surface area (Å²) in [5.74, 6) is -0.0609. The van der Waals surface area contributed by atoms with Gasteiger partial charge in [-0.3, -0.25) is 0 Å². The summed E-state index contributed by atoms with van der Waals surface area (Å²) in [4.78, 5) is 13.0. The third-order valence-corrected chi connectivity index (χ3v) is 14.2. The number of carbonyl (C=O) groups is 1. The van der Waals surface area contributed by atoms with Crippen LogP contribution in [0.15, 0.2) is 42.0 Å². The Labute approximate surface area is 263 Å². The number of hydrogen-bond donors (Lipinski definition) is 4. The molecule has 1 aromatic rings. The molecule has 6 nitrogen and oxygen atoms in total. The van der Waals surface area contributed by atoms with Crippen LogP contribution in [0.25, 0.3) is 6.08 Å². The number of aromatic hydroxyl groups is 1. The highest BCUT2D eigenvalue weighted by Crippen LogP contribution is 2.75. The number of allylic oxidation sites excluding steroid dienone is 1. The highest BCUT2D eigenvalue weighted by Gasteiger charge is 2.70. The van der Waals surface area contributed by atoms with Gasteiger partial charge in [-0.2, -0.15) is 0 Å². The van der Waals surface area contributed by atoms with Crippen LogP contribution in [0.2, 0.25) is 0 Å². The van der Waals surface area contributed by atoms with Crippen LogP contribution in [0.5, 0.6) is 5.75 Å². The van der Waals surface area contributed by atoms with E-state index in [4.69, 9.17) is 4.74 Å². The maximum absolute atomic E-state index is 13.0. The van der Waals surface area contributed by atoms with E-state index >= 15 is 0 Å². The van der Waals surface area contributed by atoms with E-state index in [2.05, 4.69) is 40.7 Å². The topological polar surface area (TPSA) is 107 Å². The Morgan fingerprint density at radius 1 is 0.955 bits per heavy atom. The first-order valence-electron chi connectivity index (χ1n) is 16.9. The van der Waals surface area contributed by atoms with Crippen LogP contribution in [0.3, 0.4) is 0 Å². The number of esters is 1. The highest BCUT2D eigenvalue weighted by atomic mass is 16.6. The summed E-state index contributed by atoms with van der Waals surface area (Å²) in [6.45, 7) is 13.7. The number of aliphatic hydroxyl groups excluding tert-OH is 3. The van der Waals surface area contributed by atoms with Gasteiger partial charge in [0.2, 0.25) is 0 Å². The minimum Gasteiger partial charge on any atom is -0.508 e. The van der Waals surface area contributed by atoms with Crippen LogP contribution in [-0.2, 0) is 9.53 Å². The number of hydrogen-bond acceptors (Lipinski definition) is 6. The van der Waals surface area contributed by atoms with Gasteiger partial charge in [-0.1, -0.05) is 59.8 Å². The zero-order chi connectivity index (χ0) is 31.9. The van der Waals surface area contributed by atoms with Crippen LogP contribution < -0.4 is 0 Å². The van der Waals surface area contributed by atoms with E-state index in [9.17, 15) is 25.2 Å². The second kappa shape index (κ2) is 10.4. The van der Waals surface area contributed by atoms with E-state index in [-0.39, 0.29) is 51.3 Å². The van der Waals surface area contributed by atoms with Gasteiger partial charge in [0.1, 0.15) is 11.9 Å². The zero-order valence-corrected chi connectivity index (χ0v) is 27.6. The summed E-state index contributed by atoms with van der Waals surface area (Å²) < 4.78 is 5.97. The fourth-order valence-electron chi connectivity index (χ4n) is 11.8. The second-order valence-electron chi connectivity index (χ2n) is 17.1.